The Balaban J connectivity index is 0.000000153. The van der Waals surface area contributed by atoms with Gasteiger partial charge in [-0.05, 0) is 203 Å². The lowest BCUT2D eigenvalue weighted by molar-refractivity contribution is -0.143. The number of hydrogen-bond donors (Lipinski definition) is 9. The molecule has 7 saturated carbocycles. The standard InChI is InChI=1S/C36H47N5O9S.C36H49N5O8S.C35H47N5O8S/c1-2-25-18-36(25,33(44)39-51(47,48)27-14-15-27)38-31(42)29-17-26-20-41(29)32(43)30(23-10-5-6-11-23)37-34(45)49-16-7-3-4-9-22-12-8-13-24-19-40(21-28(22)24)35(46)50-26;1-3-5-14-29-33(44)41-21-26(18-30(41)32(43)38-36(19-25(36)4-2)34(45)39-50(47,48)27-16-17-27)49-35(46)40-20-24-13-10-12-23(28(24)22-40)11-8-6-7-9-15-31(42)37-29;1-4-24-17-35(24,33(44)38-49(46,47)26-14-15-26)37-31(42)28-16-25-19-40(28)32(43)30(21(2)3)36-29(41)13-8-6-5-7-10-22-11-9-12-23-18-39(20-27(22)23)34(45)48-25/h2,8,12-13,23,25-27,29-30H,1,3-7,9-11,14-21H2,(H,37,45)(H,38,42)(H,39,44);4,10,12-13,25-27,29-30H,2-3,5-9,11,14-22H2,1H3,(H,37,42)(H,38,43)(H,39,45);4,9,11-12,21,24-26,28,30H,1,5-8,10,13-20H2,2-3H3,(H,36,41)(H,37,42)(H,38,44)/t2*25-,26-,29+,30+,36-;24-,25-,28+,30+,35-/m111/s1. The third kappa shape index (κ3) is 24.8. The highest BCUT2D eigenvalue weighted by Gasteiger charge is 2.66. The molecule has 9 N–H and O–H groups in total. The van der Waals surface area contributed by atoms with E-state index in [4.69, 9.17) is 18.9 Å². The van der Waals surface area contributed by atoms with E-state index in [0.29, 0.717) is 123 Å². The van der Waals surface area contributed by atoms with Gasteiger partial charge in [0.15, 0.2) is 0 Å². The minimum Gasteiger partial charge on any atom is -0.450 e. The minimum atomic E-state index is -3.89. The summed E-state index contributed by atoms with van der Waals surface area (Å²) in [7, 11) is -11.7. The number of nitrogens with one attached hydrogen (secondary N) is 9. The van der Waals surface area contributed by atoms with Crippen molar-refractivity contribution < 1.29 is 116 Å². The summed E-state index contributed by atoms with van der Waals surface area (Å²) in [6.45, 7) is 19.2. The summed E-state index contributed by atoms with van der Waals surface area (Å²) in [5, 5.41) is 15.0. The maximum Gasteiger partial charge on any atom is 0.410 e. The van der Waals surface area contributed by atoms with Crippen LogP contribution >= 0.6 is 0 Å². The number of fused-ring (bicyclic) bond motifs is 9. The third-order valence-electron chi connectivity index (χ3n) is 32.8. The summed E-state index contributed by atoms with van der Waals surface area (Å²) in [6.07, 6.45) is 20.1. The highest BCUT2D eigenvalue weighted by Crippen LogP contribution is 2.50. The number of cyclic esters (lactones) is 1. The number of rotatable bonds is 23. The lowest BCUT2D eigenvalue weighted by Gasteiger charge is -2.32. The van der Waals surface area contributed by atoms with E-state index in [9.17, 15) is 97.2 Å². The summed E-state index contributed by atoms with van der Waals surface area (Å²) >= 11 is 0. The molecule has 16 aliphatic rings. The van der Waals surface area contributed by atoms with Crippen molar-refractivity contribution in [1.29, 1.82) is 0 Å². The number of sulfonamides is 3. The number of unbranched alkanes of at least 4 members (excludes halogenated alkanes) is 1. The van der Waals surface area contributed by atoms with Crippen LogP contribution in [0.1, 0.15) is 276 Å². The highest BCUT2D eigenvalue weighted by atomic mass is 32.2. The second-order valence-corrected chi connectivity index (χ2v) is 49.9. The van der Waals surface area contributed by atoms with Crippen LogP contribution < -0.4 is 46.1 Å². The first-order valence-electron chi connectivity index (χ1n) is 53.9. The average Bonchev–Trinajstić information content (AvgIpc) is 1.58. The molecule has 3 saturated heterocycles. The van der Waals surface area contributed by atoms with Gasteiger partial charge in [0, 0.05) is 89.1 Å². The molecule has 0 unspecified atom stereocenters. The van der Waals surface area contributed by atoms with Crippen molar-refractivity contribution in [2.45, 2.75) is 372 Å². The smallest absolute Gasteiger partial charge is 0.410 e. The van der Waals surface area contributed by atoms with Crippen LogP contribution in [0.4, 0.5) is 19.2 Å². The summed E-state index contributed by atoms with van der Waals surface area (Å²) in [6, 6.07) is 12.0. The maximum absolute atomic E-state index is 14.5. The number of carbonyl (C=O) groups excluding carboxylic acids is 15. The summed E-state index contributed by atoms with van der Waals surface area (Å²) < 4.78 is 106. The fraction of sp³-hybridized carbons (Fsp3) is 0.636. The van der Waals surface area contributed by atoms with E-state index >= 15 is 0 Å². The molecule has 15 atom stereocenters. The Hall–Kier alpha value is -12.0. The molecule has 9 aliphatic heterocycles. The number of benzene rings is 3. The van der Waals surface area contributed by atoms with Gasteiger partial charge >= 0.3 is 24.4 Å². The summed E-state index contributed by atoms with van der Waals surface area (Å²) in [4.78, 5) is 214. The Morgan fingerprint density at radius 2 is 0.760 bits per heavy atom. The molecule has 3 aromatic rings. The summed E-state index contributed by atoms with van der Waals surface area (Å²) in [5.41, 5.74) is 5.43. The van der Waals surface area contributed by atoms with Gasteiger partial charge < -0.3 is 65.5 Å². The van der Waals surface area contributed by atoms with E-state index in [1.54, 1.807) is 28.5 Å². The largest absolute Gasteiger partial charge is 0.450 e. The fourth-order valence-electron chi connectivity index (χ4n) is 23.2. The van der Waals surface area contributed by atoms with Crippen LogP contribution in [0.5, 0.6) is 0 Å². The van der Waals surface area contributed by atoms with E-state index in [0.717, 1.165) is 129 Å². The molecule has 10 fully saturated rings. The van der Waals surface area contributed by atoms with Gasteiger partial charge in [-0.2, -0.15) is 0 Å². The van der Waals surface area contributed by atoms with Crippen molar-refractivity contribution in [2.75, 3.05) is 26.2 Å². The summed E-state index contributed by atoms with van der Waals surface area (Å²) in [5.74, 6) is -8.55. The van der Waals surface area contributed by atoms with Gasteiger partial charge in [0.05, 0.1) is 42.0 Å². The van der Waals surface area contributed by atoms with Crippen LogP contribution in [0.3, 0.4) is 0 Å². The van der Waals surface area contributed by atoms with Crippen LogP contribution in [-0.2, 0) is 160 Å². The first kappa shape index (κ1) is 109. The van der Waals surface area contributed by atoms with Gasteiger partial charge in [-0.15, -0.1) is 19.7 Å². The van der Waals surface area contributed by atoms with Crippen molar-refractivity contribution in [3.63, 3.8) is 0 Å². The molecule has 7 aliphatic carbocycles. The van der Waals surface area contributed by atoms with Gasteiger partial charge in [0.25, 0.3) is 17.7 Å². The van der Waals surface area contributed by atoms with Crippen molar-refractivity contribution in [1.82, 2.24) is 75.5 Å². The van der Waals surface area contributed by atoms with Gasteiger partial charge in [0.2, 0.25) is 77.3 Å². The molecule has 150 heavy (non-hydrogen) atoms. The van der Waals surface area contributed by atoms with Gasteiger partial charge in [0.1, 0.15) is 71.2 Å². The number of nitrogens with zero attached hydrogens (tertiary/aromatic N) is 6. The van der Waals surface area contributed by atoms with E-state index in [2.05, 4.69) is 84.0 Å². The van der Waals surface area contributed by atoms with Crippen LogP contribution in [0.2, 0.25) is 0 Å². The molecule has 9 heterocycles. The number of hydrogen-bond acceptors (Lipinski definition) is 25. The molecule has 19 rings (SSSR count). The SMILES string of the molecule is C=C[C@@H]1C[C@]1(NC(=O)[C@@H]1C[C@@H]2CN1C(=O)[C@H](C(C)C)NC(=O)CCCCCCc1cccc3c1CN(C3)C(=O)O2)C(=O)NS(=O)(=O)C1CC1.C=C[C@@H]1C[C@]1(NC(=O)[C@@H]1C[C@@H]2CN1C(=O)[C@H](C1CCCC1)NC(=O)OCCCCCc1cccc3c1CN(C3)C(=O)O2)C(=O)NS(=O)(=O)C1CC1.C=C[C@@H]1C[C@]1(NC(=O)[C@@H]1C[C@@H]2CN1C(=O)[C@H](CCCC)NC(=O)CCCCCCc1cccc3c1CN(C3)C(=O)O2)C(=O)NS(=O)(=O)C1CC1. The van der Waals surface area contributed by atoms with Gasteiger partial charge in [-0.25, -0.2) is 44.4 Å². The van der Waals surface area contributed by atoms with Crippen molar-refractivity contribution in [3.8, 4) is 0 Å². The molecule has 43 heteroatoms. The molecule has 0 radical (unpaired) electrons. The fourth-order valence-corrected chi connectivity index (χ4v) is 27.2. The van der Waals surface area contributed by atoms with Crippen LogP contribution in [-0.4, -0.2) is 257 Å². The van der Waals surface area contributed by atoms with Crippen molar-refractivity contribution >= 4 is 119 Å². The van der Waals surface area contributed by atoms with Crippen LogP contribution in [0.15, 0.2) is 92.6 Å². The number of ether oxygens (including phenoxy) is 4. The number of amides is 15. The molecular weight excluding hydrogens is 1990 g/mol. The Kier molecular flexibility index (Phi) is 33.4. The molecular formula is C107H143N15O25S3. The number of alkyl carbamates (subject to hydrolysis) is 1. The van der Waals surface area contributed by atoms with E-state index < -0.39 is 212 Å². The van der Waals surface area contributed by atoms with E-state index in [1.807, 2.05) is 43.3 Å². The number of aryl methyl sites for hydroxylation is 3. The van der Waals surface area contributed by atoms with Crippen LogP contribution in [0, 0.1) is 29.6 Å². The zero-order chi connectivity index (χ0) is 107. The lowest BCUT2D eigenvalue weighted by Crippen LogP contribution is -2.59. The predicted octanol–water partition coefficient (Wildman–Crippen LogP) is 8.17. The Morgan fingerprint density at radius 3 is 1.11 bits per heavy atom. The normalized spacial score (nSPS) is 29.5. The lowest BCUT2D eigenvalue weighted by atomic mass is 9.96. The Bertz CT molecular complexity index is 6140. The monoisotopic (exact) mass is 2130 g/mol. The Morgan fingerprint density at radius 1 is 0.420 bits per heavy atom. The second kappa shape index (κ2) is 45.9. The van der Waals surface area contributed by atoms with Gasteiger partial charge in [-0.1, -0.05) is 145 Å². The molecule has 814 valence electrons. The van der Waals surface area contributed by atoms with Crippen molar-refractivity contribution in [2.24, 2.45) is 29.6 Å². The highest BCUT2D eigenvalue weighted by molar-refractivity contribution is 7.91. The predicted molar refractivity (Wildman–Crippen MR) is 546 cm³/mol. The molecule has 0 spiro atoms. The molecule has 0 aromatic heterocycles. The van der Waals surface area contributed by atoms with Gasteiger partial charge in [-0.3, -0.25) is 81.6 Å². The third-order valence-corrected chi connectivity index (χ3v) is 38.2. The second-order valence-electron chi connectivity index (χ2n) is 44.0. The first-order chi connectivity index (χ1) is 71.8. The molecule has 15 amide bonds. The van der Waals surface area contributed by atoms with E-state index in [-0.39, 0.29) is 101 Å². The zero-order valence-electron chi connectivity index (χ0n) is 85.8. The topological polar surface area (TPSA) is 523 Å². The maximum atomic E-state index is 14.5. The number of carbonyl (C=O) groups is 15. The first-order valence-corrected chi connectivity index (χ1v) is 58.5. The van der Waals surface area contributed by atoms with Crippen LogP contribution in [0.25, 0.3) is 0 Å². The molecule has 3 aromatic carbocycles. The average molecular weight is 2140 g/mol. The van der Waals surface area contributed by atoms with E-state index in [1.165, 1.54) is 44.1 Å². The molecule has 40 nitrogen and oxygen atoms in total. The minimum absolute atomic E-state index is 0.0272. The zero-order valence-corrected chi connectivity index (χ0v) is 88.2. The molecule has 12 bridgehead atoms. The Labute approximate surface area is 876 Å². The van der Waals surface area contributed by atoms with Crippen molar-refractivity contribution in [3.05, 3.63) is 143 Å². The quantitative estimate of drug-likeness (QED) is 0.0319.